The molecule has 28 atom stereocenters. The zero-order valence-corrected chi connectivity index (χ0v) is 43.6. The van der Waals surface area contributed by atoms with E-state index in [9.17, 15) is 50.8 Å². The lowest BCUT2D eigenvalue weighted by Gasteiger charge is -2.54. The molecule has 0 radical (unpaired) electrons. The van der Waals surface area contributed by atoms with Gasteiger partial charge < -0.3 is 107 Å². The average molecular weight is 1070 g/mol. The van der Waals surface area contributed by atoms with Crippen molar-refractivity contribution < 1.29 is 112 Å². The highest BCUT2D eigenvalue weighted by molar-refractivity contribution is 5.89. The van der Waals surface area contributed by atoms with Crippen LogP contribution in [0.25, 0.3) is 0 Å². The molecule has 23 heteroatoms. The van der Waals surface area contributed by atoms with Gasteiger partial charge in [0.25, 0.3) is 0 Å². The predicted molar refractivity (Wildman–Crippen MR) is 254 cm³/mol. The maximum absolute atomic E-state index is 13.9. The van der Waals surface area contributed by atoms with E-state index in [0.29, 0.717) is 25.7 Å². The molecule has 9 N–H and O–H groups in total. The molecule has 2 saturated carbocycles. The lowest BCUT2D eigenvalue weighted by Crippen LogP contribution is -2.63. The van der Waals surface area contributed by atoms with Gasteiger partial charge in [-0.1, -0.05) is 18.6 Å². The molecule has 5 saturated heterocycles. The van der Waals surface area contributed by atoms with Gasteiger partial charge in [0, 0.05) is 50.9 Å². The van der Waals surface area contributed by atoms with Crippen LogP contribution in [0, 0.1) is 24.2 Å². The molecule has 5 aliphatic heterocycles. The number of aliphatic hydroxyl groups is 9. The summed E-state index contributed by atoms with van der Waals surface area (Å²) in [5.41, 5.74) is 1.87. The number of methoxy groups -OCH3 is 2. The Bertz CT molecular complexity index is 2060. The van der Waals surface area contributed by atoms with Crippen molar-refractivity contribution in [1.29, 1.82) is 0 Å². The lowest BCUT2D eigenvalue weighted by molar-refractivity contribution is -0.361. The smallest absolute Gasteiger partial charge is 0.187 e. The highest BCUT2D eigenvalue weighted by Gasteiger charge is 2.56. The van der Waals surface area contributed by atoms with E-state index in [2.05, 4.69) is 13.0 Å². The van der Waals surface area contributed by atoms with Gasteiger partial charge in [-0.25, -0.2) is 0 Å². The van der Waals surface area contributed by atoms with Crippen LogP contribution in [0.4, 0.5) is 0 Å². The Morgan fingerprint density at radius 3 is 1.84 bits per heavy atom. The number of allylic oxidation sites excluding steroid dienone is 1. The molecule has 75 heavy (non-hydrogen) atoms. The Morgan fingerprint density at radius 2 is 1.23 bits per heavy atom. The Labute approximate surface area is 436 Å². The quantitative estimate of drug-likeness (QED) is 0.102. The molecule has 0 amide bonds. The van der Waals surface area contributed by atoms with E-state index in [1.165, 1.54) is 12.7 Å². The van der Waals surface area contributed by atoms with Crippen molar-refractivity contribution in [3.05, 3.63) is 35.3 Å². The minimum atomic E-state index is -1.77. The highest BCUT2D eigenvalue weighted by atomic mass is 16.8. The van der Waals surface area contributed by atoms with Crippen molar-refractivity contribution in [3.63, 3.8) is 0 Å². The molecule has 0 aromatic carbocycles. The highest BCUT2D eigenvalue weighted by Crippen LogP contribution is 2.58. The van der Waals surface area contributed by atoms with Crippen molar-refractivity contribution in [2.24, 2.45) is 17.3 Å². The molecule has 7 fully saturated rings. The van der Waals surface area contributed by atoms with E-state index in [0.717, 1.165) is 24.2 Å². The molecule has 426 valence electrons. The van der Waals surface area contributed by atoms with Crippen LogP contribution in [0.5, 0.6) is 0 Å². The second-order valence-corrected chi connectivity index (χ2v) is 22.2. The first-order valence-corrected chi connectivity index (χ1v) is 26.6. The monoisotopic (exact) mass is 1070 g/mol. The minimum Gasteiger partial charge on any atom is -0.469 e. The number of hydrogen-bond donors (Lipinski definition) is 9. The number of aliphatic hydroxyl groups excluding tert-OH is 9. The van der Waals surface area contributed by atoms with Gasteiger partial charge in [0.2, 0.25) is 0 Å². The van der Waals surface area contributed by atoms with Crippen LogP contribution in [-0.4, -0.2) is 227 Å². The zero-order valence-electron chi connectivity index (χ0n) is 43.6. The molecular formula is C52H80O23. The number of rotatable bonds is 15. The van der Waals surface area contributed by atoms with E-state index in [1.807, 2.05) is 19.9 Å². The van der Waals surface area contributed by atoms with Crippen molar-refractivity contribution in [1.82, 2.24) is 0 Å². The van der Waals surface area contributed by atoms with Gasteiger partial charge >= 0.3 is 0 Å². The van der Waals surface area contributed by atoms with Crippen molar-refractivity contribution >= 4 is 5.78 Å². The Hall–Kier alpha value is -2.15. The number of Topliss-reactive ketones (excluding diaryl/α,β-unsaturated/α-hetero) is 1. The topological polar surface area (TPSA) is 323 Å². The van der Waals surface area contributed by atoms with Gasteiger partial charge in [-0.05, 0) is 77.2 Å². The summed E-state index contributed by atoms with van der Waals surface area (Å²) < 4.78 is 78.5. The summed E-state index contributed by atoms with van der Waals surface area (Å²) in [6, 6.07) is 1.92. The van der Waals surface area contributed by atoms with Crippen LogP contribution in [-0.2, 0) is 61.6 Å². The summed E-state index contributed by atoms with van der Waals surface area (Å²) in [5.74, 6) is 0.921. The van der Waals surface area contributed by atoms with E-state index < -0.39 is 161 Å². The van der Waals surface area contributed by atoms with Gasteiger partial charge in [-0.2, -0.15) is 0 Å². The van der Waals surface area contributed by atoms with Crippen LogP contribution in [0.1, 0.15) is 96.3 Å². The fourth-order valence-electron chi connectivity index (χ4n) is 13.2. The summed E-state index contributed by atoms with van der Waals surface area (Å²) in [6.07, 6.45) is -18.6. The van der Waals surface area contributed by atoms with E-state index in [4.69, 9.17) is 61.3 Å². The Morgan fingerprint density at radius 1 is 0.653 bits per heavy atom. The number of carbonyl (C=O) groups is 1. The predicted octanol–water partition coefficient (Wildman–Crippen LogP) is -0.281. The molecule has 6 heterocycles. The number of aryl methyl sites for hydroxylation is 1. The van der Waals surface area contributed by atoms with Gasteiger partial charge in [0.05, 0.1) is 68.3 Å². The van der Waals surface area contributed by atoms with Gasteiger partial charge in [-0.15, -0.1) is 0 Å². The number of furan rings is 1. The molecule has 28 unspecified atom stereocenters. The normalized spacial score (nSPS) is 49.7. The summed E-state index contributed by atoms with van der Waals surface area (Å²) in [4.78, 5) is 13.9. The van der Waals surface area contributed by atoms with Crippen molar-refractivity contribution in [2.45, 2.75) is 239 Å². The van der Waals surface area contributed by atoms with Gasteiger partial charge in [0.15, 0.2) is 31.5 Å². The maximum atomic E-state index is 13.9. The minimum absolute atomic E-state index is 0.0435. The number of ketones is 1. The van der Waals surface area contributed by atoms with Crippen LogP contribution < -0.4 is 0 Å². The second-order valence-electron chi connectivity index (χ2n) is 22.2. The first-order chi connectivity index (χ1) is 35.7. The zero-order chi connectivity index (χ0) is 53.8. The summed E-state index contributed by atoms with van der Waals surface area (Å²) in [5, 5.41) is 95.8. The van der Waals surface area contributed by atoms with E-state index >= 15 is 0 Å². The molecule has 8 aliphatic rings. The van der Waals surface area contributed by atoms with Crippen LogP contribution in [0.2, 0.25) is 0 Å². The second kappa shape index (κ2) is 23.9. The summed E-state index contributed by atoms with van der Waals surface area (Å²) >= 11 is 0. The molecule has 1 aromatic rings. The molecule has 0 bridgehead atoms. The average Bonchev–Trinajstić information content (AvgIpc) is 3.81. The lowest BCUT2D eigenvalue weighted by atomic mass is 9.51. The van der Waals surface area contributed by atoms with Crippen molar-refractivity contribution in [3.8, 4) is 0 Å². The van der Waals surface area contributed by atoms with Gasteiger partial charge in [-0.3, -0.25) is 4.79 Å². The number of hydrogen-bond acceptors (Lipinski definition) is 23. The van der Waals surface area contributed by atoms with Gasteiger partial charge in [0.1, 0.15) is 78.7 Å². The third kappa shape index (κ3) is 11.6. The summed E-state index contributed by atoms with van der Waals surface area (Å²) in [7, 11) is 3.03. The Kier molecular flexibility index (Phi) is 18.3. The van der Waals surface area contributed by atoms with Crippen LogP contribution in [0.15, 0.2) is 28.4 Å². The first kappa shape index (κ1) is 57.5. The van der Waals surface area contributed by atoms with Crippen molar-refractivity contribution in [2.75, 3.05) is 27.4 Å². The third-order valence-electron chi connectivity index (χ3n) is 17.6. The van der Waals surface area contributed by atoms with Crippen LogP contribution in [0.3, 0.4) is 0 Å². The fraction of sp³-hybridized carbons (Fsp3) is 0.865. The van der Waals surface area contributed by atoms with E-state index in [1.54, 1.807) is 27.2 Å². The fourth-order valence-corrected chi connectivity index (χ4v) is 13.2. The SMILES string of the molecule is COC1CC(OC2CC3=CCC4C(=O)C(c5ccoc5C)CCC4C3(C)CC2O)OC(C)C1OC1CC(O)C(OC2CC(OC)C(OC3OC(COC4OC(CO)C(O)C(O)C4O)C(O)C(O)C3O)C(C)O2)C(C)O1. The van der Waals surface area contributed by atoms with Crippen LogP contribution >= 0.6 is 0 Å². The third-order valence-corrected chi connectivity index (χ3v) is 17.6. The maximum Gasteiger partial charge on any atom is 0.187 e. The summed E-state index contributed by atoms with van der Waals surface area (Å²) in [6.45, 7) is 8.17. The molecule has 9 rings (SSSR count). The number of fused-ring (bicyclic) bond motifs is 3. The molecule has 3 aliphatic carbocycles. The molecular weight excluding hydrogens is 993 g/mol. The molecule has 0 spiro atoms. The molecule has 1 aromatic heterocycles. The Balaban J connectivity index is 0.745. The number of ether oxygens (including phenoxy) is 12. The standard InChI is InChI=1S/C52H80O23/c1-21-26(12-13-65-21)27-10-11-29-28(40(27)56)9-8-25-14-32(31(55)18-52(25,29)5)70-38-16-33(63-6)48(23(3)68-38)74-37-15-30(54)47(22(2)67-37)73-39-17-34(64-7)49(24(4)69-39)75-51-46(62)44(60)42(58)36(72-51)20-66-50-45(61)43(59)41(57)35(19-53)71-50/h8,12-13,22-24,27-39,41-51,53-55,57-62H,9-11,14-20H2,1-7H3. The molecule has 23 nitrogen and oxygen atoms in total. The largest absolute Gasteiger partial charge is 0.469 e. The van der Waals surface area contributed by atoms with E-state index in [-0.39, 0.29) is 41.8 Å². The first-order valence-electron chi connectivity index (χ1n) is 26.6. The number of carbonyl (C=O) groups excluding carboxylic acids is 1.